The topological polar surface area (TPSA) is 75.2 Å². The predicted molar refractivity (Wildman–Crippen MR) is 113 cm³/mol. The molecule has 5 rings (SSSR count). The molecule has 2 heterocycles. The van der Waals surface area contributed by atoms with Crippen LogP contribution in [-0.4, -0.2) is 45.3 Å². The number of carbonyl (C=O) groups excluding carboxylic acids is 2. The Labute approximate surface area is 179 Å². The van der Waals surface area contributed by atoms with E-state index < -0.39 is 6.04 Å². The molecule has 6 nitrogen and oxygen atoms in total. The van der Waals surface area contributed by atoms with Crippen molar-refractivity contribution in [2.24, 2.45) is 0 Å². The van der Waals surface area contributed by atoms with Gasteiger partial charge in [0.05, 0.1) is 5.56 Å². The quantitative estimate of drug-likeness (QED) is 0.710. The van der Waals surface area contributed by atoms with Crippen molar-refractivity contribution >= 4 is 11.8 Å². The van der Waals surface area contributed by atoms with Gasteiger partial charge in [0.15, 0.2) is 5.82 Å². The third-order valence-corrected chi connectivity index (χ3v) is 6.01. The first-order valence-corrected chi connectivity index (χ1v) is 10.3. The lowest BCUT2D eigenvalue weighted by molar-refractivity contribution is -0.131. The summed E-state index contributed by atoms with van der Waals surface area (Å²) in [6, 6.07) is 13.8. The number of benzene rings is 2. The number of hydrogen-bond acceptors (Lipinski definition) is 4. The van der Waals surface area contributed by atoms with Crippen LogP contribution in [0.5, 0.6) is 0 Å². The number of nitrogens with one attached hydrogen (secondary N) is 1. The molecule has 1 aromatic heterocycles. The van der Waals surface area contributed by atoms with Crippen LogP contribution >= 0.6 is 0 Å². The molecule has 2 aromatic carbocycles. The Morgan fingerprint density at radius 2 is 1.74 bits per heavy atom. The molecule has 3 aromatic rings. The van der Waals surface area contributed by atoms with E-state index in [2.05, 4.69) is 27.4 Å². The van der Waals surface area contributed by atoms with E-state index in [0.717, 1.165) is 12.8 Å². The van der Waals surface area contributed by atoms with Gasteiger partial charge in [0.25, 0.3) is 5.91 Å². The van der Waals surface area contributed by atoms with Crippen molar-refractivity contribution in [1.82, 2.24) is 20.2 Å². The monoisotopic (exact) mass is 416 g/mol. The van der Waals surface area contributed by atoms with E-state index >= 15 is 0 Å². The SMILES string of the molecule is O=C(NC1CCN(C2Cc3ccccc3C2)C1=O)c1cnc(-c2cccc(F)c2)nc1. The number of hydrogen-bond donors (Lipinski definition) is 1. The number of carbonyl (C=O) groups is 2. The summed E-state index contributed by atoms with van der Waals surface area (Å²) in [5.41, 5.74) is 3.39. The number of amides is 2. The molecule has 0 radical (unpaired) electrons. The minimum absolute atomic E-state index is 0.0385. The molecule has 156 valence electrons. The van der Waals surface area contributed by atoms with Gasteiger partial charge in [-0.1, -0.05) is 36.4 Å². The van der Waals surface area contributed by atoms with E-state index in [4.69, 9.17) is 0 Å². The fourth-order valence-corrected chi connectivity index (χ4v) is 4.42. The van der Waals surface area contributed by atoms with Gasteiger partial charge in [-0.2, -0.15) is 0 Å². The maximum atomic E-state index is 13.4. The standard InChI is InChI=1S/C24H21FN4O2/c25-19-7-3-6-17(10-19)22-26-13-18(14-27-22)23(30)28-21-8-9-29(24(21)31)20-11-15-4-1-2-5-16(15)12-20/h1-7,10,13-14,20-21H,8-9,11-12H2,(H,28,30). The van der Waals surface area contributed by atoms with Crippen LogP contribution in [0.15, 0.2) is 60.9 Å². The lowest BCUT2D eigenvalue weighted by Gasteiger charge is -2.24. The summed E-state index contributed by atoms with van der Waals surface area (Å²) < 4.78 is 13.4. The molecule has 2 aliphatic rings. The molecule has 2 amide bonds. The van der Waals surface area contributed by atoms with Gasteiger partial charge in [-0.05, 0) is 42.5 Å². The Bertz CT molecular complexity index is 1120. The van der Waals surface area contributed by atoms with Gasteiger partial charge in [0, 0.05) is 30.5 Å². The summed E-state index contributed by atoms with van der Waals surface area (Å²) in [5, 5.41) is 2.82. The van der Waals surface area contributed by atoms with Gasteiger partial charge in [-0.25, -0.2) is 14.4 Å². The van der Waals surface area contributed by atoms with E-state index in [1.807, 2.05) is 17.0 Å². The van der Waals surface area contributed by atoms with Crippen LogP contribution in [0.3, 0.4) is 0 Å². The highest BCUT2D eigenvalue weighted by Gasteiger charge is 2.38. The number of aromatic nitrogens is 2. The number of halogens is 1. The van der Waals surface area contributed by atoms with E-state index in [-0.39, 0.29) is 29.2 Å². The Morgan fingerprint density at radius 3 is 2.42 bits per heavy atom. The van der Waals surface area contributed by atoms with Crippen LogP contribution in [-0.2, 0) is 17.6 Å². The van der Waals surface area contributed by atoms with E-state index in [9.17, 15) is 14.0 Å². The number of fused-ring (bicyclic) bond motifs is 1. The van der Waals surface area contributed by atoms with Gasteiger partial charge in [0.1, 0.15) is 11.9 Å². The Hall–Kier alpha value is -3.61. The van der Waals surface area contributed by atoms with Gasteiger partial charge < -0.3 is 10.2 Å². The number of rotatable bonds is 4. The lowest BCUT2D eigenvalue weighted by Crippen LogP contribution is -2.45. The highest BCUT2D eigenvalue weighted by molar-refractivity contribution is 5.97. The summed E-state index contributed by atoms with van der Waals surface area (Å²) in [7, 11) is 0. The maximum Gasteiger partial charge on any atom is 0.255 e. The molecule has 1 aliphatic carbocycles. The number of nitrogens with zero attached hydrogens (tertiary/aromatic N) is 3. The third kappa shape index (κ3) is 3.79. The van der Waals surface area contributed by atoms with Crippen molar-refractivity contribution in [3.05, 3.63) is 83.4 Å². The molecule has 31 heavy (non-hydrogen) atoms. The van der Waals surface area contributed by atoms with Crippen molar-refractivity contribution in [2.45, 2.75) is 31.3 Å². The molecule has 1 N–H and O–H groups in total. The van der Waals surface area contributed by atoms with Crippen LogP contribution in [0.1, 0.15) is 27.9 Å². The molecule has 1 saturated heterocycles. The Balaban J connectivity index is 1.22. The second kappa shape index (κ2) is 7.91. The lowest BCUT2D eigenvalue weighted by atomic mass is 10.1. The molecule has 1 atom stereocenters. The average molecular weight is 416 g/mol. The highest BCUT2D eigenvalue weighted by Crippen LogP contribution is 2.28. The summed E-state index contributed by atoms with van der Waals surface area (Å²) >= 11 is 0. The van der Waals surface area contributed by atoms with E-state index in [0.29, 0.717) is 24.4 Å². The smallest absolute Gasteiger partial charge is 0.255 e. The van der Waals surface area contributed by atoms with Crippen LogP contribution < -0.4 is 5.32 Å². The van der Waals surface area contributed by atoms with Crippen molar-refractivity contribution < 1.29 is 14.0 Å². The highest BCUT2D eigenvalue weighted by atomic mass is 19.1. The normalized spacial score (nSPS) is 18.3. The van der Waals surface area contributed by atoms with Crippen molar-refractivity contribution in [1.29, 1.82) is 0 Å². The minimum atomic E-state index is -0.542. The molecule has 1 unspecified atom stereocenters. The molecular formula is C24H21FN4O2. The number of likely N-dealkylation sites (tertiary alicyclic amines) is 1. The third-order valence-electron chi connectivity index (χ3n) is 6.01. The second-order valence-electron chi connectivity index (χ2n) is 7.98. The first-order chi connectivity index (χ1) is 15.1. The fraction of sp³-hybridized carbons (Fsp3) is 0.250. The van der Waals surface area contributed by atoms with Gasteiger partial charge >= 0.3 is 0 Å². The molecule has 0 saturated carbocycles. The molecule has 7 heteroatoms. The van der Waals surface area contributed by atoms with Crippen LogP contribution in [0.2, 0.25) is 0 Å². The first kappa shape index (κ1) is 19.4. The van der Waals surface area contributed by atoms with Crippen LogP contribution in [0.25, 0.3) is 11.4 Å². The van der Waals surface area contributed by atoms with Crippen molar-refractivity contribution in [3.8, 4) is 11.4 Å². The molecule has 1 aliphatic heterocycles. The zero-order chi connectivity index (χ0) is 21.4. The largest absolute Gasteiger partial charge is 0.340 e. The molecule has 1 fully saturated rings. The van der Waals surface area contributed by atoms with Crippen LogP contribution in [0.4, 0.5) is 4.39 Å². The summed E-state index contributed by atoms with van der Waals surface area (Å²) in [4.78, 5) is 35.8. The van der Waals surface area contributed by atoms with Crippen molar-refractivity contribution in [3.63, 3.8) is 0 Å². The van der Waals surface area contributed by atoms with E-state index in [1.54, 1.807) is 12.1 Å². The zero-order valence-corrected chi connectivity index (χ0v) is 16.8. The summed E-state index contributed by atoms with van der Waals surface area (Å²) in [5.74, 6) is -0.471. The minimum Gasteiger partial charge on any atom is -0.340 e. The predicted octanol–water partition coefficient (Wildman–Crippen LogP) is 2.78. The molecule has 0 bridgehead atoms. The Morgan fingerprint density at radius 1 is 1.03 bits per heavy atom. The van der Waals surface area contributed by atoms with Crippen LogP contribution in [0, 0.1) is 5.82 Å². The van der Waals surface area contributed by atoms with Crippen molar-refractivity contribution in [2.75, 3.05) is 6.54 Å². The second-order valence-corrected chi connectivity index (χ2v) is 7.98. The first-order valence-electron chi connectivity index (χ1n) is 10.3. The van der Waals surface area contributed by atoms with Gasteiger partial charge in [-0.15, -0.1) is 0 Å². The van der Waals surface area contributed by atoms with Gasteiger partial charge in [0.2, 0.25) is 5.91 Å². The Kier molecular flexibility index (Phi) is 4.94. The maximum absolute atomic E-state index is 13.4. The summed E-state index contributed by atoms with van der Waals surface area (Å²) in [6.07, 6.45) is 5.09. The van der Waals surface area contributed by atoms with Gasteiger partial charge in [-0.3, -0.25) is 9.59 Å². The average Bonchev–Trinajstić information content (AvgIpc) is 3.37. The molecule has 0 spiro atoms. The summed E-state index contributed by atoms with van der Waals surface area (Å²) in [6.45, 7) is 0.636. The zero-order valence-electron chi connectivity index (χ0n) is 16.8. The fourth-order valence-electron chi connectivity index (χ4n) is 4.42. The van der Waals surface area contributed by atoms with E-state index in [1.165, 1.54) is 35.7 Å². The molecular weight excluding hydrogens is 395 g/mol.